The molecule has 0 aromatic heterocycles. The first-order valence-corrected chi connectivity index (χ1v) is 9.05. The number of hydrogen-bond donors (Lipinski definition) is 1. The Morgan fingerprint density at radius 3 is 2.31 bits per heavy atom. The first kappa shape index (κ1) is 18.2. The average molecular weight is 378 g/mol. The maximum Gasteiger partial charge on any atom is 0.501 e. The molecule has 0 fully saturated rings. The zero-order valence-corrected chi connectivity index (χ0v) is 14.1. The minimum absolute atomic E-state index is 0.345. The van der Waals surface area contributed by atoms with Gasteiger partial charge in [0.15, 0.2) is 0 Å². The third-order valence-electron chi connectivity index (χ3n) is 4.06. The van der Waals surface area contributed by atoms with Crippen molar-refractivity contribution >= 4 is 22.0 Å². The van der Waals surface area contributed by atoms with Crippen molar-refractivity contribution in [3.63, 3.8) is 0 Å². The summed E-state index contributed by atoms with van der Waals surface area (Å²) in [7, 11) is -5.46. The highest BCUT2D eigenvalue weighted by Crippen LogP contribution is 2.37. The molecule has 0 bridgehead atoms. The molecular formula is C19H13F3O3S. The predicted octanol–water partition coefficient (Wildman–Crippen LogP) is 3.59. The molecule has 1 aliphatic carbocycles. The third-order valence-corrected chi connectivity index (χ3v) is 5.54. The molecule has 26 heavy (non-hydrogen) atoms. The van der Waals surface area contributed by atoms with E-state index >= 15 is 0 Å². The van der Waals surface area contributed by atoms with Gasteiger partial charge in [-0.05, 0) is 34.4 Å². The maximum absolute atomic E-state index is 12.9. The van der Waals surface area contributed by atoms with E-state index in [-0.39, 0.29) is 0 Å². The van der Waals surface area contributed by atoms with Gasteiger partial charge in [0.25, 0.3) is 9.84 Å². The topological polar surface area (TPSA) is 54.4 Å². The van der Waals surface area contributed by atoms with Gasteiger partial charge in [0.05, 0.1) is 10.8 Å². The van der Waals surface area contributed by atoms with Crippen LogP contribution in [0.2, 0.25) is 0 Å². The summed E-state index contributed by atoms with van der Waals surface area (Å²) in [6.45, 7) is -0.415. The molecule has 7 heteroatoms. The van der Waals surface area contributed by atoms with E-state index < -0.39 is 32.8 Å². The van der Waals surface area contributed by atoms with Gasteiger partial charge in [0, 0.05) is 0 Å². The molecule has 0 spiro atoms. The lowest BCUT2D eigenvalue weighted by atomic mass is 9.88. The van der Waals surface area contributed by atoms with Gasteiger partial charge in [0.1, 0.15) is 6.61 Å². The Balaban J connectivity index is 2.26. The highest BCUT2D eigenvalue weighted by molar-refractivity contribution is 7.92. The average Bonchev–Trinajstić information content (AvgIpc) is 2.75. The minimum atomic E-state index is -5.46. The maximum atomic E-state index is 12.9. The van der Waals surface area contributed by atoms with Crippen LogP contribution in [0.4, 0.5) is 13.2 Å². The number of aliphatic hydroxyl groups is 1. The van der Waals surface area contributed by atoms with Crippen molar-refractivity contribution in [1.29, 1.82) is 0 Å². The molecule has 0 heterocycles. The van der Waals surface area contributed by atoms with Gasteiger partial charge in [-0.25, -0.2) is 8.42 Å². The summed E-state index contributed by atoms with van der Waals surface area (Å²) < 4.78 is 62.3. The second kappa shape index (κ2) is 6.63. The van der Waals surface area contributed by atoms with Gasteiger partial charge in [0.2, 0.25) is 0 Å². The van der Waals surface area contributed by atoms with Crippen LogP contribution in [0.15, 0.2) is 47.4 Å². The van der Waals surface area contributed by atoms with Crippen LogP contribution in [0.25, 0.3) is 12.2 Å². The number of hydrogen-bond acceptors (Lipinski definition) is 3. The molecule has 3 rings (SSSR count). The van der Waals surface area contributed by atoms with E-state index in [0.717, 1.165) is 23.3 Å². The second-order valence-corrected chi connectivity index (χ2v) is 7.56. The fraction of sp³-hybridized carbons (Fsp3) is 0.158. The summed E-state index contributed by atoms with van der Waals surface area (Å²) in [5.74, 6) is 4.69. The molecule has 0 saturated carbocycles. The van der Waals surface area contributed by atoms with Crippen LogP contribution < -0.4 is 0 Å². The fourth-order valence-electron chi connectivity index (χ4n) is 2.83. The van der Waals surface area contributed by atoms with Gasteiger partial charge in [-0.15, -0.1) is 0 Å². The van der Waals surface area contributed by atoms with Crippen molar-refractivity contribution in [3.05, 3.63) is 64.7 Å². The molecule has 0 aliphatic heterocycles. The molecule has 0 saturated heterocycles. The van der Waals surface area contributed by atoms with Crippen LogP contribution in [0.1, 0.15) is 28.2 Å². The lowest BCUT2D eigenvalue weighted by Gasteiger charge is -2.17. The number of sulfone groups is 1. The normalized spacial score (nSPS) is 16.1. The quantitative estimate of drug-likeness (QED) is 0.772. The zero-order chi connectivity index (χ0) is 18.9. The summed E-state index contributed by atoms with van der Waals surface area (Å²) >= 11 is 0. The highest BCUT2D eigenvalue weighted by Gasteiger charge is 2.47. The molecule has 2 aromatic carbocycles. The Morgan fingerprint density at radius 2 is 1.65 bits per heavy atom. The summed E-state index contributed by atoms with van der Waals surface area (Å²) in [4.78, 5) is -0.827. The second-order valence-electron chi connectivity index (χ2n) is 5.61. The molecule has 1 unspecified atom stereocenters. The molecule has 1 N–H and O–H groups in total. The van der Waals surface area contributed by atoms with Crippen LogP contribution in [0.3, 0.4) is 0 Å². The van der Waals surface area contributed by atoms with Crippen LogP contribution >= 0.6 is 0 Å². The minimum Gasteiger partial charge on any atom is -0.384 e. The number of alkyl halides is 3. The Morgan fingerprint density at radius 1 is 1.00 bits per heavy atom. The number of benzene rings is 2. The van der Waals surface area contributed by atoms with E-state index in [2.05, 4.69) is 11.8 Å². The van der Waals surface area contributed by atoms with Crippen molar-refractivity contribution in [2.75, 3.05) is 6.61 Å². The Labute approximate surface area is 148 Å². The van der Waals surface area contributed by atoms with E-state index in [1.165, 1.54) is 6.07 Å². The van der Waals surface area contributed by atoms with Crippen molar-refractivity contribution in [2.45, 2.75) is 16.3 Å². The zero-order valence-electron chi connectivity index (χ0n) is 13.3. The van der Waals surface area contributed by atoms with Crippen molar-refractivity contribution < 1.29 is 26.7 Å². The number of aliphatic hydroxyl groups excluding tert-OH is 1. The van der Waals surface area contributed by atoms with Crippen LogP contribution in [0, 0.1) is 11.8 Å². The summed E-state index contributed by atoms with van der Waals surface area (Å²) in [5.41, 5.74) is -2.92. The SMILES string of the molecule is O=S(=O)(c1ccc2c(c1)C(C#CCO)c1ccccc1C=C2)C(F)(F)F. The van der Waals surface area contributed by atoms with Crippen molar-refractivity contribution in [2.24, 2.45) is 0 Å². The molecule has 1 aliphatic rings. The first-order chi connectivity index (χ1) is 12.3. The van der Waals surface area contributed by atoms with E-state index in [9.17, 15) is 21.6 Å². The van der Waals surface area contributed by atoms with E-state index in [4.69, 9.17) is 5.11 Å². The predicted molar refractivity (Wildman–Crippen MR) is 91.8 cm³/mol. The molecule has 0 amide bonds. The number of rotatable bonds is 1. The van der Waals surface area contributed by atoms with Crippen molar-refractivity contribution in [1.82, 2.24) is 0 Å². The largest absolute Gasteiger partial charge is 0.501 e. The molecule has 3 nitrogen and oxygen atoms in total. The number of halogens is 3. The van der Waals surface area contributed by atoms with E-state index in [1.54, 1.807) is 24.3 Å². The lowest BCUT2D eigenvalue weighted by Crippen LogP contribution is -2.23. The smallest absolute Gasteiger partial charge is 0.384 e. The Kier molecular flexibility index (Phi) is 4.65. The lowest BCUT2D eigenvalue weighted by molar-refractivity contribution is -0.0436. The van der Waals surface area contributed by atoms with Crippen LogP contribution in [-0.2, 0) is 9.84 Å². The Hall–Kier alpha value is -2.56. The molecule has 2 aromatic rings. The van der Waals surface area contributed by atoms with Crippen LogP contribution in [0.5, 0.6) is 0 Å². The van der Waals surface area contributed by atoms with E-state index in [0.29, 0.717) is 11.1 Å². The number of fused-ring (bicyclic) bond motifs is 2. The van der Waals surface area contributed by atoms with Gasteiger partial charge < -0.3 is 5.11 Å². The Bertz CT molecular complexity index is 1040. The van der Waals surface area contributed by atoms with Gasteiger partial charge in [-0.3, -0.25) is 0 Å². The summed E-state index contributed by atoms with van der Waals surface area (Å²) in [6, 6.07) is 10.5. The summed E-state index contributed by atoms with van der Waals surface area (Å²) in [5, 5.41) is 9.02. The van der Waals surface area contributed by atoms with Crippen LogP contribution in [-0.4, -0.2) is 25.6 Å². The monoisotopic (exact) mass is 378 g/mol. The van der Waals surface area contributed by atoms with Gasteiger partial charge in [-0.1, -0.05) is 54.3 Å². The fourth-order valence-corrected chi connectivity index (χ4v) is 3.63. The highest BCUT2D eigenvalue weighted by atomic mass is 32.2. The van der Waals surface area contributed by atoms with Crippen molar-refractivity contribution in [3.8, 4) is 11.8 Å². The standard InChI is InChI=1S/C19H13F3O3S/c20-19(21,22)26(24,25)15-10-9-14-8-7-13-4-1-2-5-16(13)17(6-3-11-23)18(14)12-15/h1-2,4-5,7-10,12,17,23H,11H2. The molecular weight excluding hydrogens is 365 g/mol. The molecule has 134 valence electrons. The summed E-state index contributed by atoms with van der Waals surface area (Å²) in [6.07, 6.45) is 3.51. The van der Waals surface area contributed by atoms with E-state index in [1.807, 2.05) is 12.1 Å². The van der Waals surface area contributed by atoms with Gasteiger partial charge >= 0.3 is 5.51 Å². The molecule has 1 atom stereocenters. The third kappa shape index (κ3) is 3.14. The first-order valence-electron chi connectivity index (χ1n) is 7.57. The van der Waals surface area contributed by atoms with Gasteiger partial charge in [-0.2, -0.15) is 13.2 Å². The molecule has 0 radical (unpaired) electrons.